The molecule has 0 saturated carbocycles. The van der Waals surface area contributed by atoms with Gasteiger partial charge in [0.2, 0.25) is 0 Å². The van der Waals surface area contributed by atoms with Crippen molar-refractivity contribution in [3.8, 4) is 0 Å². The van der Waals surface area contributed by atoms with Crippen LogP contribution >= 0.6 is 0 Å². The number of para-hydroxylation sites is 4. The van der Waals surface area contributed by atoms with E-state index < -0.39 is 0 Å². The van der Waals surface area contributed by atoms with Gasteiger partial charge in [0.05, 0.1) is 0 Å². The van der Waals surface area contributed by atoms with Gasteiger partial charge in [-0.2, -0.15) is 0 Å². The third kappa shape index (κ3) is 39.5. The molecule has 5 nitrogen and oxygen atoms in total. The maximum atomic E-state index is 5.36. The summed E-state index contributed by atoms with van der Waals surface area (Å²) < 4.78 is 0. The van der Waals surface area contributed by atoms with Gasteiger partial charge in [0, 0.05) is 22.7 Å². The molecule has 0 unspecified atom stereocenters. The molecule has 55 heavy (non-hydrogen) atoms. The van der Waals surface area contributed by atoms with E-state index in [0.29, 0.717) is 0 Å². The number of anilines is 4. The van der Waals surface area contributed by atoms with E-state index in [2.05, 4.69) is 25.7 Å². The maximum Gasteiger partial charge on any atom is 0.0313 e. The first-order valence-electron chi connectivity index (χ1n) is 21.9. The Morgan fingerprint density at radius 2 is 0.473 bits per heavy atom. The van der Waals surface area contributed by atoms with Gasteiger partial charge in [0.15, 0.2) is 0 Å². The number of hydrogen-bond donors (Lipinski definition) is 4. The second-order valence-electron chi connectivity index (χ2n) is 14.5. The zero-order chi connectivity index (χ0) is 40.3. The summed E-state index contributed by atoms with van der Waals surface area (Å²) in [7, 11) is 0. The number of nitrogens with two attached hydrogens (primary N) is 4. The molecule has 308 valence electrons. The third-order valence-corrected chi connectivity index (χ3v) is 9.18. The summed E-state index contributed by atoms with van der Waals surface area (Å²) in [5.74, 6) is 0. The van der Waals surface area contributed by atoms with Crippen LogP contribution in [0.5, 0.6) is 0 Å². The molecule has 4 aromatic carbocycles. The van der Waals surface area contributed by atoms with Crippen molar-refractivity contribution in [1.82, 2.24) is 4.90 Å². The van der Waals surface area contributed by atoms with E-state index in [4.69, 9.17) is 22.9 Å². The summed E-state index contributed by atoms with van der Waals surface area (Å²) in [5.41, 5.74) is 24.7. The van der Waals surface area contributed by atoms with Crippen LogP contribution in [0.1, 0.15) is 149 Å². The molecule has 0 aliphatic rings. The normalized spacial score (nSPS) is 10.0. The molecule has 0 fully saturated rings. The monoisotopic (exact) mass is 754 g/mol. The molecule has 0 aliphatic heterocycles. The first-order chi connectivity index (χ1) is 26.9. The van der Waals surface area contributed by atoms with Gasteiger partial charge in [-0.25, -0.2) is 0 Å². The summed E-state index contributed by atoms with van der Waals surface area (Å²) in [6.07, 6.45) is 28.9. The van der Waals surface area contributed by atoms with Gasteiger partial charge in [-0.15, -0.1) is 0 Å². The SMILES string of the molecule is CCCCCCCCCCCCCCCCCCN(CCCC)CCCC.Nc1ccccc1.Nc1ccccc1.Nc1ccccc1.Nc1ccccc1. The number of nitrogen functional groups attached to an aromatic ring is 4. The third-order valence-electron chi connectivity index (χ3n) is 9.18. The van der Waals surface area contributed by atoms with Crippen molar-refractivity contribution in [2.45, 2.75) is 149 Å². The molecular formula is C50H83N5. The first-order valence-corrected chi connectivity index (χ1v) is 21.9. The van der Waals surface area contributed by atoms with Crippen LogP contribution in [0, 0.1) is 0 Å². The molecule has 0 aliphatic carbocycles. The molecule has 8 N–H and O–H groups in total. The summed E-state index contributed by atoms with van der Waals surface area (Å²) in [6.45, 7) is 10.9. The molecule has 0 aromatic heterocycles. The molecular weight excluding hydrogens is 671 g/mol. The van der Waals surface area contributed by atoms with Crippen LogP contribution in [0.2, 0.25) is 0 Å². The van der Waals surface area contributed by atoms with Crippen LogP contribution in [0.4, 0.5) is 22.7 Å². The lowest BCUT2D eigenvalue weighted by Gasteiger charge is -2.21. The Bertz CT molecular complexity index is 1100. The molecule has 0 radical (unpaired) electrons. The fourth-order valence-electron chi connectivity index (χ4n) is 5.79. The Kier molecular flexibility index (Phi) is 38.2. The van der Waals surface area contributed by atoms with Gasteiger partial charge in [-0.05, 0) is 87.4 Å². The highest BCUT2D eigenvalue weighted by Gasteiger charge is 2.03. The molecule has 0 spiro atoms. The summed E-state index contributed by atoms with van der Waals surface area (Å²) in [5, 5.41) is 0. The highest BCUT2D eigenvalue weighted by atomic mass is 15.1. The fourth-order valence-corrected chi connectivity index (χ4v) is 5.79. The van der Waals surface area contributed by atoms with E-state index in [9.17, 15) is 0 Å². The number of hydrogen-bond acceptors (Lipinski definition) is 5. The highest BCUT2D eigenvalue weighted by molar-refractivity contribution is 5.37. The standard InChI is InChI=1S/C26H55N.4C6H7N/c1-4-7-10-11-12-13-14-15-16-17-18-19-20-21-22-23-26-27(24-8-5-2)25-9-6-3;4*7-6-4-2-1-3-5-6/h4-26H2,1-3H3;4*1-5H,7H2. The summed E-state index contributed by atoms with van der Waals surface area (Å²) >= 11 is 0. The number of benzene rings is 4. The Balaban J connectivity index is 0.000000816. The quantitative estimate of drug-likeness (QED) is 0.0446. The van der Waals surface area contributed by atoms with E-state index in [0.717, 1.165) is 22.7 Å². The van der Waals surface area contributed by atoms with E-state index in [-0.39, 0.29) is 0 Å². The average molecular weight is 754 g/mol. The molecule has 0 saturated heterocycles. The Hall–Kier alpha value is -3.96. The fraction of sp³-hybridized carbons (Fsp3) is 0.520. The summed E-state index contributed by atoms with van der Waals surface area (Å²) in [6, 6.07) is 37.9. The lowest BCUT2D eigenvalue weighted by molar-refractivity contribution is 0.259. The van der Waals surface area contributed by atoms with Crippen LogP contribution < -0.4 is 22.9 Å². The van der Waals surface area contributed by atoms with E-state index >= 15 is 0 Å². The molecule has 4 aromatic rings. The van der Waals surface area contributed by atoms with Crippen LogP contribution in [0.25, 0.3) is 0 Å². The van der Waals surface area contributed by atoms with Gasteiger partial charge >= 0.3 is 0 Å². The van der Waals surface area contributed by atoms with E-state index in [1.807, 2.05) is 121 Å². The Morgan fingerprint density at radius 3 is 0.673 bits per heavy atom. The molecule has 0 atom stereocenters. The number of nitrogens with zero attached hydrogens (tertiary/aromatic N) is 1. The van der Waals surface area contributed by atoms with Crippen molar-refractivity contribution in [3.05, 3.63) is 121 Å². The number of unbranched alkanes of at least 4 members (excludes halogenated alkanes) is 17. The van der Waals surface area contributed by atoms with Crippen LogP contribution in [0.15, 0.2) is 121 Å². The first kappa shape index (κ1) is 51.0. The summed E-state index contributed by atoms with van der Waals surface area (Å²) in [4.78, 5) is 2.72. The van der Waals surface area contributed by atoms with Gasteiger partial charge < -0.3 is 27.8 Å². The average Bonchev–Trinajstić information content (AvgIpc) is 3.20. The van der Waals surface area contributed by atoms with Crippen LogP contribution in [0.3, 0.4) is 0 Å². The van der Waals surface area contributed by atoms with Crippen molar-refractivity contribution < 1.29 is 0 Å². The number of rotatable bonds is 23. The minimum Gasteiger partial charge on any atom is -0.399 e. The van der Waals surface area contributed by atoms with Gasteiger partial charge in [-0.3, -0.25) is 0 Å². The molecule has 0 bridgehead atoms. The minimum atomic E-state index is 0.822. The van der Waals surface area contributed by atoms with Crippen molar-refractivity contribution >= 4 is 22.7 Å². The smallest absolute Gasteiger partial charge is 0.0313 e. The van der Waals surface area contributed by atoms with E-state index in [1.165, 1.54) is 148 Å². The van der Waals surface area contributed by atoms with Crippen molar-refractivity contribution in [1.29, 1.82) is 0 Å². The van der Waals surface area contributed by atoms with Crippen molar-refractivity contribution in [3.63, 3.8) is 0 Å². The maximum absolute atomic E-state index is 5.36. The topological polar surface area (TPSA) is 107 Å². The Morgan fingerprint density at radius 1 is 0.273 bits per heavy atom. The predicted molar refractivity (Wildman–Crippen MR) is 249 cm³/mol. The van der Waals surface area contributed by atoms with Crippen molar-refractivity contribution in [2.24, 2.45) is 0 Å². The lowest BCUT2D eigenvalue weighted by atomic mass is 10.0. The van der Waals surface area contributed by atoms with Crippen molar-refractivity contribution in [2.75, 3.05) is 42.6 Å². The van der Waals surface area contributed by atoms with Gasteiger partial charge in [0.25, 0.3) is 0 Å². The molecule has 0 amide bonds. The predicted octanol–water partition coefficient (Wildman–Crippen LogP) is 14.2. The highest BCUT2D eigenvalue weighted by Crippen LogP contribution is 2.14. The second-order valence-corrected chi connectivity index (χ2v) is 14.5. The largest absolute Gasteiger partial charge is 0.399 e. The second kappa shape index (κ2) is 41.2. The molecule has 4 rings (SSSR count). The van der Waals surface area contributed by atoms with E-state index in [1.54, 1.807) is 0 Å². The zero-order valence-corrected chi connectivity index (χ0v) is 35.6. The van der Waals surface area contributed by atoms with Crippen LogP contribution in [-0.4, -0.2) is 24.5 Å². The molecule has 5 heteroatoms. The zero-order valence-electron chi connectivity index (χ0n) is 35.6. The Labute approximate surface area is 339 Å². The van der Waals surface area contributed by atoms with Crippen LogP contribution in [-0.2, 0) is 0 Å². The molecule has 0 heterocycles. The van der Waals surface area contributed by atoms with Gasteiger partial charge in [-0.1, -0.05) is 203 Å². The lowest BCUT2D eigenvalue weighted by Crippen LogP contribution is -2.27. The van der Waals surface area contributed by atoms with Gasteiger partial charge in [0.1, 0.15) is 0 Å². The minimum absolute atomic E-state index is 0.822.